The van der Waals surface area contributed by atoms with Gasteiger partial charge in [0.1, 0.15) is 5.75 Å². The van der Waals surface area contributed by atoms with Crippen LogP contribution in [0.5, 0.6) is 5.75 Å². The quantitative estimate of drug-likeness (QED) is 0.776. The molecule has 1 heteroatoms. The van der Waals surface area contributed by atoms with E-state index in [4.69, 9.17) is 0 Å². The Morgan fingerprint density at radius 3 is 2.33 bits per heavy atom. The van der Waals surface area contributed by atoms with Crippen molar-refractivity contribution in [3.63, 3.8) is 0 Å². The van der Waals surface area contributed by atoms with Crippen molar-refractivity contribution >= 4 is 0 Å². The number of phenols is 1. The van der Waals surface area contributed by atoms with Crippen LogP contribution in [-0.4, -0.2) is 5.11 Å². The molecule has 0 aromatic heterocycles. The molecule has 0 amide bonds. The van der Waals surface area contributed by atoms with Gasteiger partial charge in [-0.15, -0.1) is 0 Å². The average Bonchev–Trinajstić information content (AvgIpc) is 2.55. The molecule has 1 nitrogen and oxygen atoms in total. The molecule has 21 heavy (non-hydrogen) atoms. The lowest BCUT2D eigenvalue weighted by Crippen LogP contribution is -2.10. The summed E-state index contributed by atoms with van der Waals surface area (Å²) in [6, 6.07) is 16.6. The van der Waals surface area contributed by atoms with Crippen LogP contribution in [0.25, 0.3) is 0 Å². The number of aromatic hydroxyl groups is 1. The monoisotopic (exact) mass is 280 g/mol. The second-order valence-corrected chi connectivity index (χ2v) is 6.25. The van der Waals surface area contributed by atoms with Crippen molar-refractivity contribution in [2.24, 2.45) is 0 Å². The van der Waals surface area contributed by atoms with Crippen molar-refractivity contribution < 1.29 is 5.11 Å². The Hall–Kier alpha value is -1.76. The van der Waals surface area contributed by atoms with Crippen LogP contribution in [-0.2, 0) is 0 Å². The number of hydrogen-bond donors (Lipinski definition) is 1. The van der Waals surface area contributed by atoms with Crippen LogP contribution >= 0.6 is 0 Å². The zero-order chi connectivity index (χ0) is 14.7. The van der Waals surface area contributed by atoms with Gasteiger partial charge in [-0.05, 0) is 36.0 Å². The summed E-state index contributed by atoms with van der Waals surface area (Å²) in [5.41, 5.74) is 3.82. The van der Waals surface area contributed by atoms with E-state index in [1.807, 2.05) is 12.1 Å². The highest BCUT2D eigenvalue weighted by Gasteiger charge is 2.24. The minimum Gasteiger partial charge on any atom is -0.508 e. The van der Waals surface area contributed by atoms with Gasteiger partial charge < -0.3 is 5.11 Å². The molecule has 1 aliphatic rings. The molecule has 1 N–H and O–H groups in total. The summed E-state index contributed by atoms with van der Waals surface area (Å²) in [6.07, 6.45) is 6.35. The Labute approximate surface area is 127 Å². The molecule has 1 aliphatic carbocycles. The number of hydrogen-bond acceptors (Lipinski definition) is 1. The van der Waals surface area contributed by atoms with Crippen LogP contribution in [0, 0.1) is 0 Å². The van der Waals surface area contributed by atoms with Gasteiger partial charge in [-0.25, -0.2) is 0 Å². The first-order chi connectivity index (χ1) is 10.3. The summed E-state index contributed by atoms with van der Waals surface area (Å²) in [5, 5.41) is 10.4. The molecule has 2 aromatic rings. The molecular weight excluding hydrogens is 256 g/mol. The van der Waals surface area contributed by atoms with E-state index in [0.717, 1.165) is 0 Å². The Morgan fingerprint density at radius 1 is 0.905 bits per heavy atom. The van der Waals surface area contributed by atoms with E-state index in [0.29, 0.717) is 17.6 Å². The van der Waals surface area contributed by atoms with Crippen LogP contribution in [0.3, 0.4) is 0 Å². The van der Waals surface area contributed by atoms with E-state index in [1.165, 1.54) is 48.8 Å². The summed E-state index contributed by atoms with van der Waals surface area (Å²) in [6.45, 7) is 2.25. The Balaban J connectivity index is 2.00. The number of rotatable bonds is 3. The highest BCUT2D eigenvalue weighted by Crippen LogP contribution is 2.42. The van der Waals surface area contributed by atoms with Gasteiger partial charge in [0.25, 0.3) is 0 Å². The summed E-state index contributed by atoms with van der Waals surface area (Å²) in [7, 11) is 0. The Morgan fingerprint density at radius 2 is 1.62 bits per heavy atom. The summed E-state index contributed by atoms with van der Waals surface area (Å²) in [5.74, 6) is 1.35. The molecule has 0 radical (unpaired) electrons. The van der Waals surface area contributed by atoms with E-state index >= 15 is 0 Å². The Bertz CT molecular complexity index is 582. The molecule has 0 bridgehead atoms. The molecule has 0 aliphatic heterocycles. The predicted molar refractivity (Wildman–Crippen MR) is 87.9 cm³/mol. The Kier molecular flexibility index (Phi) is 4.28. The standard InChI is InChI=1S/C20H24O/c1-15(16-9-4-2-5-10-16)18-13-8-14-19(21)20(18)17-11-6-3-7-12-17/h2,4-5,8-10,13-15,17,21H,3,6-7,11-12H2,1H3. The van der Waals surface area contributed by atoms with Crippen LogP contribution in [0.4, 0.5) is 0 Å². The molecule has 110 valence electrons. The van der Waals surface area contributed by atoms with Crippen molar-refractivity contribution in [3.8, 4) is 5.75 Å². The molecule has 2 aromatic carbocycles. The molecule has 3 rings (SSSR count). The molecule has 1 saturated carbocycles. The maximum absolute atomic E-state index is 10.4. The SMILES string of the molecule is CC(c1ccccc1)c1cccc(O)c1C1CCCCC1. The summed E-state index contributed by atoms with van der Waals surface area (Å²) < 4.78 is 0. The minimum atomic E-state index is 0.329. The lowest BCUT2D eigenvalue weighted by atomic mass is 9.78. The van der Waals surface area contributed by atoms with Gasteiger partial charge in [0.15, 0.2) is 0 Å². The third-order valence-electron chi connectivity index (χ3n) is 4.90. The zero-order valence-corrected chi connectivity index (χ0v) is 12.8. The fourth-order valence-electron chi connectivity index (χ4n) is 3.71. The van der Waals surface area contributed by atoms with Crippen LogP contribution in [0.1, 0.15) is 67.6 Å². The van der Waals surface area contributed by atoms with E-state index in [9.17, 15) is 5.11 Å². The predicted octanol–water partition coefficient (Wildman–Crippen LogP) is 5.59. The van der Waals surface area contributed by atoms with Crippen LogP contribution in [0.15, 0.2) is 48.5 Å². The second-order valence-electron chi connectivity index (χ2n) is 6.25. The lowest BCUT2D eigenvalue weighted by Gasteiger charge is -2.27. The van der Waals surface area contributed by atoms with Gasteiger partial charge in [0, 0.05) is 11.5 Å². The van der Waals surface area contributed by atoms with Crippen LogP contribution in [0.2, 0.25) is 0 Å². The van der Waals surface area contributed by atoms with Crippen molar-refractivity contribution in [2.75, 3.05) is 0 Å². The molecule has 1 unspecified atom stereocenters. The molecule has 1 atom stereocenters. The van der Waals surface area contributed by atoms with Gasteiger partial charge in [-0.1, -0.05) is 68.7 Å². The largest absolute Gasteiger partial charge is 0.508 e. The molecule has 0 heterocycles. The van der Waals surface area contributed by atoms with E-state index in [1.54, 1.807) is 0 Å². The van der Waals surface area contributed by atoms with Gasteiger partial charge >= 0.3 is 0 Å². The van der Waals surface area contributed by atoms with Crippen molar-refractivity contribution in [1.29, 1.82) is 0 Å². The lowest BCUT2D eigenvalue weighted by molar-refractivity contribution is 0.411. The second kappa shape index (κ2) is 6.34. The number of phenolic OH excluding ortho intramolecular Hbond substituents is 1. The van der Waals surface area contributed by atoms with Crippen molar-refractivity contribution in [2.45, 2.75) is 50.9 Å². The first-order valence-corrected chi connectivity index (χ1v) is 8.14. The van der Waals surface area contributed by atoms with E-state index in [2.05, 4.69) is 43.3 Å². The maximum atomic E-state index is 10.4. The zero-order valence-electron chi connectivity index (χ0n) is 12.8. The van der Waals surface area contributed by atoms with Gasteiger partial charge in [-0.2, -0.15) is 0 Å². The van der Waals surface area contributed by atoms with Crippen molar-refractivity contribution in [1.82, 2.24) is 0 Å². The summed E-state index contributed by atoms with van der Waals surface area (Å²) in [4.78, 5) is 0. The van der Waals surface area contributed by atoms with Gasteiger partial charge in [0.05, 0.1) is 0 Å². The topological polar surface area (TPSA) is 20.2 Å². The fraction of sp³-hybridized carbons (Fsp3) is 0.400. The highest BCUT2D eigenvalue weighted by molar-refractivity contribution is 5.46. The molecule has 0 saturated heterocycles. The van der Waals surface area contributed by atoms with Gasteiger partial charge in [-0.3, -0.25) is 0 Å². The first kappa shape index (κ1) is 14.2. The maximum Gasteiger partial charge on any atom is 0.119 e. The normalized spacial score (nSPS) is 17.6. The number of benzene rings is 2. The van der Waals surface area contributed by atoms with Crippen molar-refractivity contribution in [3.05, 3.63) is 65.2 Å². The third kappa shape index (κ3) is 2.97. The molecule has 1 fully saturated rings. The van der Waals surface area contributed by atoms with Gasteiger partial charge in [0.2, 0.25) is 0 Å². The molecule has 0 spiro atoms. The first-order valence-electron chi connectivity index (χ1n) is 8.14. The van der Waals surface area contributed by atoms with E-state index < -0.39 is 0 Å². The fourth-order valence-corrected chi connectivity index (χ4v) is 3.71. The van der Waals surface area contributed by atoms with E-state index in [-0.39, 0.29) is 0 Å². The molecular formula is C20H24O. The smallest absolute Gasteiger partial charge is 0.119 e. The summed E-state index contributed by atoms with van der Waals surface area (Å²) >= 11 is 0. The average molecular weight is 280 g/mol. The minimum absolute atomic E-state index is 0.329. The van der Waals surface area contributed by atoms with Crippen LogP contribution < -0.4 is 0 Å². The highest BCUT2D eigenvalue weighted by atomic mass is 16.3. The third-order valence-corrected chi connectivity index (χ3v) is 4.90.